The minimum absolute atomic E-state index is 0.0516. The third-order valence-electron chi connectivity index (χ3n) is 6.90. The van der Waals surface area contributed by atoms with Crippen molar-refractivity contribution in [1.82, 2.24) is 15.0 Å². The number of aliphatic carboxylic acids is 1. The van der Waals surface area contributed by atoms with E-state index < -0.39 is 12.0 Å². The van der Waals surface area contributed by atoms with E-state index in [9.17, 15) is 9.90 Å². The number of hydrogen-bond acceptors (Lipinski definition) is 7. The van der Waals surface area contributed by atoms with Gasteiger partial charge in [-0.05, 0) is 68.7 Å². The Morgan fingerprint density at radius 2 is 2.24 bits per heavy atom. The smallest absolute Gasteiger partial charge is 0.325 e. The fourth-order valence-corrected chi connectivity index (χ4v) is 5.18. The maximum absolute atomic E-state index is 12.3. The minimum Gasteiger partial charge on any atom is -0.480 e. The Kier molecular flexibility index (Phi) is 6.78. The van der Waals surface area contributed by atoms with Gasteiger partial charge in [-0.25, -0.2) is 4.98 Å². The largest absolute Gasteiger partial charge is 0.480 e. The van der Waals surface area contributed by atoms with Crippen LogP contribution in [-0.2, 0) is 22.4 Å². The number of anilines is 1. The summed E-state index contributed by atoms with van der Waals surface area (Å²) in [6.07, 6.45) is 6.10. The number of nitrogens with one attached hydrogen (secondary N) is 1. The number of ether oxygens (including phenoxy) is 1. The molecule has 0 bridgehead atoms. The first kappa shape index (κ1) is 22.8. The lowest BCUT2D eigenvalue weighted by atomic mass is 10.00. The Labute approximate surface area is 199 Å². The second-order valence-corrected chi connectivity index (χ2v) is 9.30. The van der Waals surface area contributed by atoms with Gasteiger partial charge in [0.15, 0.2) is 5.58 Å². The van der Waals surface area contributed by atoms with Crippen molar-refractivity contribution < 1.29 is 19.2 Å². The molecule has 0 aliphatic carbocycles. The zero-order chi connectivity index (χ0) is 23.5. The molecule has 1 unspecified atom stereocenters. The highest BCUT2D eigenvalue weighted by molar-refractivity contribution is 5.89. The predicted molar refractivity (Wildman–Crippen MR) is 129 cm³/mol. The van der Waals surface area contributed by atoms with E-state index >= 15 is 0 Å². The molecule has 2 aromatic heterocycles. The van der Waals surface area contributed by atoms with Crippen LogP contribution in [0.4, 0.5) is 5.82 Å². The third kappa shape index (κ3) is 4.79. The summed E-state index contributed by atoms with van der Waals surface area (Å²) < 4.78 is 11.5. The van der Waals surface area contributed by atoms with Gasteiger partial charge in [0.25, 0.3) is 0 Å². The third-order valence-corrected chi connectivity index (χ3v) is 6.90. The summed E-state index contributed by atoms with van der Waals surface area (Å²) >= 11 is 0. The Hall–Kier alpha value is -2.97. The van der Waals surface area contributed by atoms with Crippen molar-refractivity contribution in [1.29, 1.82) is 0 Å². The average Bonchev–Trinajstić information content (AvgIpc) is 3.46. The molecule has 0 amide bonds. The number of pyridine rings is 1. The van der Waals surface area contributed by atoms with Gasteiger partial charge in [0, 0.05) is 37.3 Å². The number of carboxylic acid groups (broad SMARTS) is 1. The molecule has 0 radical (unpaired) electrons. The van der Waals surface area contributed by atoms with Gasteiger partial charge in [0.1, 0.15) is 11.9 Å². The van der Waals surface area contributed by atoms with E-state index in [0.29, 0.717) is 31.0 Å². The molecule has 2 atom stereocenters. The van der Waals surface area contributed by atoms with Gasteiger partial charge >= 0.3 is 5.97 Å². The lowest BCUT2D eigenvalue weighted by Gasteiger charge is -2.25. The molecular formula is C26H32N4O4. The standard InChI is InChI=1S/C26H32N4O4/c1-17-23-21(8-4-9-22(23)34-29-17)24(26(31)32)30-14-12-20(16-30)33-15-3-2-7-19-11-10-18-6-5-13-27-25(18)28-19/h4,8-11,20,24H,2-3,5-7,12-16H2,1H3,(H,27,28)(H,31,32)/t20?,24-/m0/s1. The van der Waals surface area contributed by atoms with E-state index in [1.54, 1.807) is 0 Å². The molecule has 3 aromatic rings. The zero-order valence-electron chi connectivity index (χ0n) is 19.6. The molecule has 34 heavy (non-hydrogen) atoms. The van der Waals surface area contributed by atoms with Gasteiger partial charge in [-0.1, -0.05) is 23.4 Å². The fraction of sp³-hybridized carbons (Fsp3) is 0.500. The Morgan fingerprint density at radius 3 is 3.12 bits per heavy atom. The lowest BCUT2D eigenvalue weighted by molar-refractivity contribution is -0.143. The quantitative estimate of drug-likeness (QED) is 0.456. The maximum atomic E-state index is 12.3. The molecule has 2 N–H and O–H groups in total. The topological polar surface area (TPSA) is 101 Å². The average molecular weight is 465 g/mol. The molecule has 180 valence electrons. The minimum atomic E-state index is -0.860. The number of fused-ring (bicyclic) bond motifs is 2. The summed E-state index contributed by atoms with van der Waals surface area (Å²) in [6, 6.07) is 9.13. The summed E-state index contributed by atoms with van der Waals surface area (Å²) in [4.78, 5) is 19.0. The molecule has 2 aliphatic rings. The van der Waals surface area contributed by atoms with E-state index in [0.717, 1.165) is 61.1 Å². The van der Waals surface area contributed by atoms with Crippen molar-refractivity contribution in [2.75, 3.05) is 31.6 Å². The number of carbonyl (C=O) groups is 1. The molecule has 4 heterocycles. The second-order valence-electron chi connectivity index (χ2n) is 9.30. The van der Waals surface area contributed by atoms with Crippen LogP contribution in [0.2, 0.25) is 0 Å². The predicted octanol–water partition coefficient (Wildman–Crippen LogP) is 4.13. The molecule has 1 saturated heterocycles. The van der Waals surface area contributed by atoms with Crippen molar-refractivity contribution in [3.63, 3.8) is 0 Å². The highest BCUT2D eigenvalue weighted by Gasteiger charge is 2.35. The van der Waals surface area contributed by atoms with Gasteiger partial charge < -0.3 is 19.7 Å². The zero-order valence-corrected chi connectivity index (χ0v) is 19.6. The Bertz CT molecular complexity index is 1160. The Balaban J connectivity index is 1.12. The van der Waals surface area contributed by atoms with Crippen molar-refractivity contribution in [2.24, 2.45) is 0 Å². The molecule has 8 heteroatoms. The first-order chi connectivity index (χ1) is 16.6. The molecule has 0 spiro atoms. The lowest BCUT2D eigenvalue weighted by Crippen LogP contribution is -2.33. The van der Waals surface area contributed by atoms with Crippen LogP contribution in [0.25, 0.3) is 11.0 Å². The van der Waals surface area contributed by atoms with Crippen LogP contribution in [0.5, 0.6) is 0 Å². The molecule has 0 saturated carbocycles. The monoisotopic (exact) mass is 464 g/mol. The fourth-order valence-electron chi connectivity index (χ4n) is 5.18. The summed E-state index contributed by atoms with van der Waals surface area (Å²) in [5, 5.41) is 18.3. The van der Waals surface area contributed by atoms with E-state index in [-0.39, 0.29) is 6.10 Å². The van der Waals surface area contributed by atoms with Crippen LogP contribution in [0, 0.1) is 6.92 Å². The van der Waals surface area contributed by atoms with Gasteiger partial charge in [-0.15, -0.1) is 0 Å². The molecule has 1 fully saturated rings. The van der Waals surface area contributed by atoms with Crippen molar-refractivity contribution in [2.45, 2.75) is 57.6 Å². The van der Waals surface area contributed by atoms with Crippen molar-refractivity contribution >= 4 is 22.8 Å². The molecular weight excluding hydrogens is 432 g/mol. The van der Waals surface area contributed by atoms with Gasteiger partial charge in [0.2, 0.25) is 0 Å². The molecule has 5 rings (SSSR count). The summed E-state index contributed by atoms with van der Waals surface area (Å²) in [7, 11) is 0. The first-order valence-electron chi connectivity index (χ1n) is 12.3. The van der Waals surface area contributed by atoms with Crippen LogP contribution >= 0.6 is 0 Å². The van der Waals surface area contributed by atoms with Crippen molar-refractivity contribution in [3.8, 4) is 0 Å². The number of benzene rings is 1. The highest BCUT2D eigenvalue weighted by Crippen LogP contribution is 2.33. The number of unbranched alkanes of at least 4 members (excludes halogenated alkanes) is 1. The van der Waals surface area contributed by atoms with Gasteiger partial charge in [0.05, 0.1) is 11.8 Å². The second kappa shape index (κ2) is 10.1. The highest BCUT2D eigenvalue weighted by atomic mass is 16.5. The summed E-state index contributed by atoms with van der Waals surface area (Å²) in [5.41, 5.74) is 4.52. The first-order valence-corrected chi connectivity index (χ1v) is 12.3. The van der Waals surface area contributed by atoms with Crippen LogP contribution in [0.3, 0.4) is 0 Å². The SMILES string of the molecule is Cc1noc2cccc([C@@H](C(=O)O)N3CCC(OCCCCc4ccc5c(n4)NCCC5)C3)c12. The molecule has 8 nitrogen and oxygen atoms in total. The van der Waals surface area contributed by atoms with Crippen LogP contribution < -0.4 is 5.32 Å². The number of carboxylic acids is 1. The van der Waals surface area contributed by atoms with E-state index in [1.165, 1.54) is 12.0 Å². The van der Waals surface area contributed by atoms with E-state index in [4.69, 9.17) is 14.2 Å². The summed E-state index contributed by atoms with van der Waals surface area (Å²) in [5.74, 6) is 0.192. The summed E-state index contributed by atoms with van der Waals surface area (Å²) in [6.45, 7) is 4.83. The number of aromatic nitrogens is 2. The normalized spacial score (nSPS) is 19.1. The van der Waals surface area contributed by atoms with Crippen molar-refractivity contribution in [3.05, 3.63) is 52.8 Å². The van der Waals surface area contributed by atoms with Crippen LogP contribution in [0.15, 0.2) is 34.9 Å². The van der Waals surface area contributed by atoms with E-state index in [2.05, 4.69) is 22.6 Å². The van der Waals surface area contributed by atoms with Gasteiger partial charge in [-0.3, -0.25) is 9.69 Å². The number of rotatable bonds is 9. The number of likely N-dealkylation sites (tertiary alicyclic amines) is 1. The number of hydrogen-bond donors (Lipinski definition) is 2. The van der Waals surface area contributed by atoms with Crippen LogP contribution in [-0.4, -0.2) is 58.5 Å². The maximum Gasteiger partial charge on any atom is 0.325 e. The number of nitrogens with zero attached hydrogens (tertiary/aromatic N) is 3. The van der Waals surface area contributed by atoms with Crippen LogP contribution in [0.1, 0.15) is 54.2 Å². The Morgan fingerprint density at radius 1 is 1.32 bits per heavy atom. The van der Waals surface area contributed by atoms with Gasteiger partial charge in [-0.2, -0.15) is 0 Å². The molecule has 2 aliphatic heterocycles. The molecule has 1 aromatic carbocycles. The van der Waals surface area contributed by atoms with E-state index in [1.807, 2.05) is 30.0 Å². The number of aryl methyl sites for hydroxylation is 3.